The van der Waals surface area contributed by atoms with Gasteiger partial charge in [-0.3, -0.25) is 14.4 Å². The van der Waals surface area contributed by atoms with Gasteiger partial charge < -0.3 is 25.2 Å². The number of carbonyl (C=O) groups excluding carboxylic acids is 2. The van der Waals surface area contributed by atoms with Gasteiger partial charge in [-0.15, -0.1) is 0 Å². The molecule has 1 aliphatic rings. The van der Waals surface area contributed by atoms with Gasteiger partial charge in [-0.2, -0.15) is 0 Å². The lowest BCUT2D eigenvalue weighted by Crippen LogP contribution is -2.50. The number of carbonyl (C=O) groups is 3. The van der Waals surface area contributed by atoms with E-state index in [0.29, 0.717) is 17.9 Å². The number of para-hydroxylation sites is 1. The van der Waals surface area contributed by atoms with Gasteiger partial charge in [0.15, 0.2) is 18.1 Å². The van der Waals surface area contributed by atoms with Crippen molar-refractivity contribution in [1.29, 1.82) is 0 Å². The summed E-state index contributed by atoms with van der Waals surface area (Å²) in [7, 11) is 0. The SMILES string of the molecule is CC(C)C[C@H](NC(=O)COc1cccc2c1OC(C)(C)C2)C(=O)N[C@H](C)CC(=O)O. The molecule has 0 fully saturated rings. The molecule has 30 heavy (non-hydrogen) atoms. The van der Waals surface area contributed by atoms with Gasteiger partial charge in [-0.05, 0) is 39.2 Å². The monoisotopic (exact) mass is 420 g/mol. The standard InChI is InChI=1S/C22H32N2O6/c1-13(2)9-16(21(28)23-14(3)10-19(26)27)24-18(25)12-29-17-8-6-7-15-11-22(4,5)30-20(15)17/h6-8,13-14,16H,9-12H2,1-5H3,(H,23,28)(H,24,25)(H,26,27)/t14-,16+/m1/s1. The Morgan fingerprint density at radius 1 is 1.20 bits per heavy atom. The first kappa shape index (κ1) is 23.5. The number of hydrogen-bond donors (Lipinski definition) is 3. The largest absolute Gasteiger partial charge is 0.483 e. The molecule has 3 N–H and O–H groups in total. The molecule has 0 spiro atoms. The lowest BCUT2D eigenvalue weighted by molar-refractivity contribution is -0.138. The van der Waals surface area contributed by atoms with Crippen LogP contribution in [-0.2, 0) is 20.8 Å². The molecule has 166 valence electrons. The van der Waals surface area contributed by atoms with Crippen molar-refractivity contribution in [3.05, 3.63) is 23.8 Å². The van der Waals surface area contributed by atoms with Gasteiger partial charge in [0.2, 0.25) is 5.91 Å². The van der Waals surface area contributed by atoms with Crippen LogP contribution < -0.4 is 20.1 Å². The van der Waals surface area contributed by atoms with E-state index in [9.17, 15) is 14.4 Å². The number of amides is 2. The van der Waals surface area contributed by atoms with Crippen LogP contribution in [0.15, 0.2) is 18.2 Å². The molecule has 1 heterocycles. The molecule has 2 rings (SSSR count). The number of benzene rings is 1. The van der Waals surface area contributed by atoms with Crippen LogP contribution >= 0.6 is 0 Å². The maximum absolute atomic E-state index is 12.5. The highest BCUT2D eigenvalue weighted by Crippen LogP contribution is 2.41. The second-order valence-electron chi connectivity index (χ2n) is 8.83. The Bertz CT molecular complexity index is 790. The number of fused-ring (bicyclic) bond motifs is 1. The summed E-state index contributed by atoms with van der Waals surface area (Å²) in [4.78, 5) is 35.8. The summed E-state index contributed by atoms with van der Waals surface area (Å²) >= 11 is 0. The number of hydrogen-bond acceptors (Lipinski definition) is 5. The van der Waals surface area contributed by atoms with Crippen LogP contribution in [0.25, 0.3) is 0 Å². The van der Waals surface area contributed by atoms with Gasteiger partial charge in [0, 0.05) is 18.0 Å². The van der Waals surface area contributed by atoms with Gasteiger partial charge in [0.05, 0.1) is 6.42 Å². The van der Waals surface area contributed by atoms with Crippen molar-refractivity contribution in [2.24, 2.45) is 5.92 Å². The van der Waals surface area contributed by atoms with Crippen LogP contribution in [-0.4, -0.2) is 47.2 Å². The molecule has 2 atom stereocenters. The summed E-state index contributed by atoms with van der Waals surface area (Å²) < 4.78 is 11.6. The Morgan fingerprint density at radius 2 is 1.90 bits per heavy atom. The summed E-state index contributed by atoms with van der Waals surface area (Å²) in [5, 5.41) is 14.2. The second kappa shape index (κ2) is 9.82. The third kappa shape index (κ3) is 6.93. The number of carboxylic acid groups (broad SMARTS) is 1. The maximum atomic E-state index is 12.5. The lowest BCUT2D eigenvalue weighted by Gasteiger charge is -2.22. The van der Waals surface area contributed by atoms with Crippen molar-refractivity contribution < 1.29 is 29.0 Å². The van der Waals surface area contributed by atoms with E-state index in [0.717, 1.165) is 12.0 Å². The fraction of sp³-hybridized carbons (Fsp3) is 0.591. The van der Waals surface area contributed by atoms with Crippen molar-refractivity contribution in [2.45, 2.75) is 71.6 Å². The van der Waals surface area contributed by atoms with E-state index >= 15 is 0 Å². The van der Waals surface area contributed by atoms with Gasteiger partial charge in [-0.25, -0.2) is 0 Å². The summed E-state index contributed by atoms with van der Waals surface area (Å²) in [5.74, 6) is -0.540. The quantitative estimate of drug-likeness (QED) is 0.535. The highest BCUT2D eigenvalue weighted by atomic mass is 16.5. The highest BCUT2D eigenvalue weighted by Gasteiger charge is 2.32. The molecule has 0 saturated carbocycles. The zero-order valence-electron chi connectivity index (χ0n) is 18.3. The molecule has 2 amide bonds. The van der Waals surface area contributed by atoms with E-state index in [-0.39, 0.29) is 24.5 Å². The van der Waals surface area contributed by atoms with E-state index in [1.54, 1.807) is 13.0 Å². The Balaban J connectivity index is 1.96. The molecule has 0 unspecified atom stereocenters. The predicted octanol–water partition coefficient (Wildman–Crippen LogP) is 2.29. The van der Waals surface area contributed by atoms with Crippen LogP contribution in [0.2, 0.25) is 0 Å². The lowest BCUT2D eigenvalue weighted by atomic mass is 10.0. The average Bonchev–Trinajstić information content (AvgIpc) is 2.92. The van der Waals surface area contributed by atoms with Crippen molar-refractivity contribution in [3.8, 4) is 11.5 Å². The maximum Gasteiger partial charge on any atom is 0.305 e. The highest BCUT2D eigenvalue weighted by molar-refractivity contribution is 5.88. The normalized spacial score (nSPS) is 16.2. The van der Waals surface area contributed by atoms with Gasteiger partial charge in [0.1, 0.15) is 11.6 Å². The van der Waals surface area contributed by atoms with E-state index in [2.05, 4.69) is 10.6 Å². The Morgan fingerprint density at radius 3 is 2.53 bits per heavy atom. The molecule has 8 heteroatoms. The second-order valence-corrected chi connectivity index (χ2v) is 8.83. The molecule has 1 aromatic carbocycles. The molecule has 0 radical (unpaired) electrons. The fourth-order valence-corrected chi connectivity index (χ4v) is 3.44. The Hall–Kier alpha value is -2.77. The minimum absolute atomic E-state index is 0.157. The molecule has 1 aromatic rings. The van der Waals surface area contributed by atoms with Gasteiger partial charge in [0.25, 0.3) is 5.91 Å². The number of rotatable bonds is 10. The Labute approximate surface area is 177 Å². The van der Waals surface area contributed by atoms with Crippen LogP contribution in [0.3, 0.4) is 0 Å². The zero-order chi connectivity index (χ0) is 22.5. The van der Waals surface area contributed by atoms with Crippen LogP contribution in [0, 0.1) is 5.92 Å². The van der Waals surface area contributed by atoms with Crippen LogP contribution in [0.1, 0.15) is 53.0 Å². The number of ether oxygens (including phenoxy) is 2. The molecule has 0 saturated heterocycles. The van der Waals surface area contributed by atoms with Crippen molar-refractivity contribution >= 4 is 17.8 Å². The zero-order valence-corrected chi connectivity index (χ0v) is 18.3. The number of carboxylic acids is 1. The summed E-state index contributed by atoms with van der Waals surface area (Å²) in [6.45, 7) is 9.22. The minimum atomic E-state index is -0.999. The molecule has 1 aliphatic heterocycles. The van der Waals surface area contributed by atoms with Crippen molar-refractivity contribution in [3.63, 3.8) is 0 Å². The summed E-state index contributed by atoms with van der Waals surface area (Å²) in [6, 6.07) is 4.27. The molecule has 0 aliphatic carbocycles. The van der Waals surface area contributed by atoms with E-state index < -0.39 is 29.9 Å². The smallest absolute Gasteiger partial charge is 0.305 e. The third-order valence-corrected chi connectivity index (χ3v) is 4.64. The van der Waals surface area contributed by atoms with E-state index in [1.807, 2.05) is 39.8 Å². The molecule has 8 nitrogen and oxygen atoms in total. The van der Waals surface area contributed by atoms with Crippen LogP contribution in [0.5, 0.6) is 11.5 Å². The number of aliphatic carboxylic acids is 1. The first-order valence-corrected chi connectivity index (χ1v) is 10.2. The van der Waals surface area contributed by atoms with Crippen molar-refractivity contribution in [2.75, 3.05) is 6.61 Å². The summed E-state index contributed by atoms with van der Waals surface area (Å²) in [5.41, 5.74) is 0.708. The third-order valence-electron chi connectivity index (χ3n) is 4.64. The predicted molar refractivity (Wildman–Crippen MR) is 112 cm³/mol. The van der Waals surface area contributed by atoms with E-state index in [4.69, 9.17) is 14.6 Å². The molecular weight excluding hydrogens is 388 g/mol. The average molecular weight is 421 g/mol. The van der Waals surface area contributed by atoms with Crippen LogP contribution in [0.4, 0.5) is 0 Å². The van der Waals surface area contributed by atoms with E-state index in [1.165, 1.54) is 0 Å². The first-order valence-electron chi connectivity index (χ1n) is 10.2. The molecular formula is C22H32N2O6. The number of nitrogens with one attached hydrogen (secondary N) is 2. The van der Waals surface area contributed by atoms with Gasteiger partial charge in [-0.1, -0.05) is 26.0 Å². The Kier molecular flexibility index (Phi) is 7.70. The summed E-state index contributed by atoms with van der Waals surface area (Å²) in [6.07, 6.45) is 0.999. The van der Waals surface area contributed by atoms with Gasteiger partial charge >= 0.3 is 5.97 Å². The topological polar surface area (TPSA) is 114 Å². The molecule has 0 aromatic heterocycles. The minimum Gasteiger partial charge on any atom is -0.483 e. The van der Waals surface area contributed by atoms with Crippen molar-refractivity contribution in [1.82, 2.24) is 10.6 Å². The fourth-order valence-electron chi connectivity index (χ4n) is 3.44. The molecule has 0 bridgehead atoms. The first-order chi connectivity index (χ1) is 14.0.